The van der Waals surface area contributed by atoms with Crippen LogP contribution in [0.4, 0.5) is 0 Å². The van der Waals surface area contributed by atoms with E-state index in [9.17, 15) is 0 Å². The highest BCUT2D eigenvalue weighted by Crippen LogP contribution is 2.40. The van der Waals surface area contributed by atoms with Gasteiger partial charge in [0, 0.05) is 77.7 Å². The Morgan fingerprint density at radius 3 is 1.23 bits per heavy atom. The van der Waals surface area contributed by atoms with Crippen LogP contribution in [0.25, 0.3) is 95.3 Å². The van der Waals surface area contributed by atoms with E-state index in [1.807, 2.05) is 29.5 Å². The number of fused-ring (bicyclic) bond motifs is 12. The van der Waals surface area contributed by atoms with Gasteiger partial charge in [-0.25, -0.2) is 0 Å². The number of halogens is 1. The maximum Gasteiger partial charge on any atom is 0.569 e. The van der Waals surface area contributed by atoms with Gasteiger partial charge < -0.3 is 18.8 Å². The van der Waals surface area contributed by atoms with Gasteiger partial charge in [0.25, 0.3) is 0 Å². The molecule has 0 bridgehead atoms. The molecule has 0 aliphatic heterocycles. The van der Waals surface area contributed by atoms with Gasteiger partial charge in [-0.3, -0.25) is 0 Å². The highest BCUT2D eigenvalue weighted by Gasteiger charge is 2.15. The van der Waals surface area contributed by atoms with Crippen LogP contribution in [-0.2, 0) is 0 Å². The van der Waals surface area contributed by atoms with Crippen LogP contribution in [0.5, 0.6) is 5.75 Å². The Morgan fingerprint density at radius 2 is 0.789 bits per heavy atom. The average molecular weight is 837 g/mol. The molecule has 0 amide bonds. The van der Waals surface area contributed by atoms with E-state index in [0.717, 1.165) is 23.2 Å². The van der Waals surface area contributed by atoms with Crippen LogP contribution >= 0.6 is 38.6 Å². The van der Waals surface area contributed by atoms with Crippen LogP contribution in [0.1, 0.15) is 7.43 Å². The lowest BCUT2D eigenvalue weighted by Gasteiger charge is -2.08. The summed E-state index contributed by atoms with van der Waals surface area (Å²) < 4.78 is 16.1. The van der Waals surface area contributed by atoms with Crippen LogP contribution in [0.15, 0.2) is 174 Å². The zero-order chi connectivity index (χ0) is 37.3. The lowest BCUT2D eigenvalue weighted by molar-refractivity contribution is 0.454. The normalized spacial score (nSPS) is 11.5. The van der Waals surface area contributed by atoms with E-state index < -0.39 is 0 Å². The molecule has 8 aromatic carbocycles. The molecule has 4 heterocycles. The molecule has 0 saturated carbocycles. The van der Waals surface area contributed by atoms with E-state index in [4.69, 9.17) is 9.68 Å². The number of para-hydroxylation sites is 4. The molecule has 0 atom stereocenters. The summed E-state index contributed by atoms with van der Waals surface area (Å²) in [5, 5.41) is 19.0. The van der Waals surface area contributed by atoms with Crippen molar-refractivity contribution in [2.45, 2.75) is 7.43 Å². The molecule has 0 aliphatic rings. The summed E-state index contributed by atoms with van der Waals surface area (Å²) in [4.78, 5) is 0. The third-order valence-corrected chi connectivity index (χ3v) is 13.5. The lowest BCUT2D eigenvalue weighted by Crippen LogP contribution is -1.99. The quantitative estimate of drug-likeness (QED) is 0.179. The molecular formula is C49H33BBrN2O2S2. The van der Waals surface area contributed by atoms with Gasteiger partial charge in [-0.1, -0.05) is 96.2 Å². The molecule has 0 aliphatic carbocycles. The molecule has 1 radical (unpaired) electrons. The zero-order valence-corrected chi connectivity index (χ0v) is 32.9. The molecular weight excluding hydrogens is 803 g/mol. The van der Waals surface area contributed by atoms with Crippen molar-refractivity contribution in [3.05, 3.63) is 174 Å². The average Bonchev–Trinajstić information content (AvgIpc) is 3.98. The van der Waals surface area contributed by atoms with Crippen LogP contribution in [-0.4, -0.2) is 21.8 Å². The van der Waals surface area contributed by atoms with E-state index in [1.54, 1.807) is 11.3 Å². The zero-order valence-electron chi connectivity index (χ0n) is 29.7. The number of nitrogens with zero attached hydrogens (tertiary/aromatic N) is 2. The first-order valence-electron chi connectivity index (χ1n) is 18.3. The molecule has 0 fully saturated rings. The SMILES string of the molecule is Brc1ccc2sc3ccc(-n4c5ccccc5c5ccccc54)cc3c2c1.C.O[B]Oc1ccc2sc3ccc(-n4c5ccccc5c5ccccc54)cc3c2c1. The Hall–Kier alpha value is -5.90. The Bertz CT molecular complexity index is 3380. The van der Waals surface area contributed by atoms with Crippen molar-refractivity contribution in [2.24, 2.45) is 0 Å². The van der Waals surface area contributed by atoms with Crippen molar-refractivity contribution in [1.82, 2.24) is 9.13 Å². The first kappa shape index (κ1) is 35.5. The van der Waals surface area contributed by atoms with Crippen molar-refractivity contribution in [2.75, 3.05) is 0 Å². The Kier molecular flexibility index (Phi) is 8.87. The molecule has 12 aromatic rings. The summed E-state index contributed by atoms with van der Waals surface area (Å²) in [6.07, 6.45) is 0. The summed E-state index contributed by atoms with van der Waals surface area (Å²) in [7, 11) is 0.721. The smallest absolute Gasteiger partial charge is 0.537 e. The monoisotopic (exact) mass is 835 g/mol. The largest absolute Gasteiger partial charge is 0.569 e. The van der Waals surface area contributed by atoms with Crippen molar-refractivity contribution < 1.29 is 9.68 Å². The van der Waals surface area contributed by atoms with Gasteiger partial charge >= 0.3 is 7.69 Å². The lowest BCUT2D eigenvalue weighted by atomic mass is 10.1. The Balaban J connectivity index is 0.000000137. The molecule has 4 nitrogen and oxygen atoms in total. The van der Waals surface area contributed by atoms with Gasteiger partial charge in [0.05, 0.1) is 22.1 Å². The molecule has 273 valence electrons. The maximum atomic E-state index is 8.98. The number of thiophene rings is 2. The van der Waals surface area contributed by atoms with E-state index in [0.29, 0.717) is 5.75 Å². The van der Waals surface area contributed by atoms with E-state index in [-0.39, 0.29) is 7.43 Å². The standard InChI is InChI=1S/C24H15BNO2S.C24H14BrNS.CH4/c27-25-28-16-10-12-24-20(14-16)19-13-15(9-11-23(19)29-24)26-21-7-3-1-5-17(21)18-6-2-4-8-22(18)26;25-15-9-11-23-19(13-15)20-14-16(10-12-24(20)27-23)26-21-7-3-1-5-17(21)18-6-2-4-8-22(18)26;/h1-14,27H;1-14H;1H4. The fraction of sp³-hybridized carbons (Fsp3) is 0.0204. The first-order chi connectivity index (χ1) is 27.6. The third-order valence-electron chi connectivity index (χ3n) is 10.7. The molecule has 57 heavy (non-hydrogen) atoms. The second-order valence-corrected chi connectivity index (χ2v) is 16.9. The maximum absolute atomic E-state index is 8.98. The van der Waals surface area contributed by atoms with Crippen LogP contribution < -0.4 is 4.65 Å². The number of hydrogen-bond acceptors (Lipinski definition) is 4. The number of benzene rings is 8. The summed E-state index contributed by atoms with van der Waals surface area (Å²) >= 11 is 7.24. The minimum Gasteiger partial charge on any atom is -0.537 e. The Morgan fingerprint density at radius 1 is 0.421 bits per heavy atom. The highest BCUT2D eigenvalue weighted by atomic mass is 79.9. The van der Waals surface area contributed by atoms with E-state index in [1.165, 1.54) is 84.3 Å². The molecule has 0 saturated heterocycles. The fourth-order valence-electron chi connectivity index (χ4n) is 8.30. The van der Waals surface area contributed by atoms with Crippen molar-refractivity contribution in [3.63, 3.8) is 0 Å². The summed E-state index contributed by atoms with van der Waals surface area (Å²) in [6, 6.07) is 60.3. The summed E-state index contributed by atoms with van der Waals surface area (Å²) in [5.74, 6) is 0.627. The molecule has 8 heteroatoms. The van der Waals surface area contributed by atoms with Crippen LogP contribution in [0.3, 0.4) is 0 Å². The molecule has 0 spiro atoms. The second kappa shape index (κ2) is 14.2. The topological polar surface area (TPSA) is 39.3 Å². The number of rotatable bonds is 4. The third kappa shape index (κ3) is 5.82. The van der Waals surface area contributed by atoms with Crippen molar-refractivity contribution >= 4 is 130 Å². The van der Waals surface area contributed by atoms with Crippen molar-refractivity contribution in [1.29, 1.82) is 0 Å². The predicted molar refractivity (Wildman–Crippen MR) is 250 cm³/mol. The van der Waals surface area contributed by atoms with Crippen molar-refractivity contribution in [3.8, 4) is 17.1 Å². The van der Waals surface area contributed by atoms with Crippen LogP contribution in [0, 0.1) is 0 Å². The fourth-order valence-corrected chi connectivity index (χ4v) is 10.8. The first-order valence-corrected chi connectivity index (χ1v) is 20.7. The molecule has 1 N–H and O–H groups in total. The minimum atomic E-state index is 0. The molecule has 0 unspecified atom stereocenters. The highest BCUT2D eigenvalue weighted by molar-refractivity contribution is 9.10. The molecule has 12 rings (SSSR count). The number of aromatic nitrogens is 2. The van der Waals surface area contributed by atoms with Crippen LogP contribution in [0.2, 0.25) is 0 Å². The van der Waals surface area contributed by atoms with Gasteiger partial charge in [-0.2, -0.15) is 0 Å². The Labute approximate surface area is 345 Å². The van der Waals surface area contributed by atoms with Gasteiger partial charge in [-0.05, 0) is 97.1 Å². The second-order valence-electron chi connectivity index (χ2n) is 13.8. The summed E-state index contributed by atoms with van der Waals surface area (Å²) in [6.45, 7) is 0. The van der Waals surface area contributed by atoms with Gasteiger partial charge in [0.1, 0.15) is 5.75 Å². The van der Waals surface area contributed by atoms with Gasteiger partial charge in [0.2, 0.25) is 0 Å². The van der Waals surface area contributed by atoms with Gasteiger partial charge in [0.15, 0.2) is 0 Å². The molecule has 4 aromatic heterocycles. The van der Waals surface area contributed by atoms with E-state index in [2.05, 4.69) is 177 Å². The number of hydrogen-bond donors (Lipinski definition) is 1. The van der Waals surface area contributed by atoms with E-state index >= 15 is 0 Å². The van der Waals surface area contributed by atoms with Gasteiger partial charge in [-0.15, -0.1) is 22.7 Å². The predicted octanol–water partition coefficient (Wildman–Crippen LogP) is 14.6. The summed E-state index contributed by atoms with van der Waals surface area (Å²) in [5.41, 5.74) is 7.24. The minimum absolute atomic E-state index is 0.